The van der Waals surface area contributed by atoms with E-state index in [1.807, 2.05) is 0 Å². The summed E-state index contributed by atoms with van der Waals surface area (Å²) in [5.41, 5.74) is -13.3. The lowest BCUT2D eigenvalue weighted by Crippen LogP contribution is -1.93. The predicted octanol–water partition coefficient (Wildman–Crippen LogP) is 25.1. The van der Waals surface area contributed by atoms with Gasteiger partial charge in [0.15, 0.2) is 0 Å². The van der Waals surface area contributed by atoms with Gasteiger partial charge in [-0.05, 0) is 157 Å². The molecule has 2 heteroatoms. The smallest absolute Gasteiger partial charge is 0.143 e. The minimum Gasteiger partial charge on any atom is -0.456 e. The van der Waals surface area contributed by atoms with Gasteiger partial charge in [-0.1, -0.05) is 308 Å². The van der Waals surface area contributed by atoms with Crippen LogP contribution in [0.2, 0.25) is 0 Å². The lowest BCUT2D eigenvalue weighted by molar-refractivity contribution is 0.669. The second-order valence-corrected chi connectivity index (χ2v) is 19.2. The van der Waals surface area contributed by atoms with Crippen molar-refractivity contribution in [3.8, 4) is 89.0 Å². The number of furan rings is 2. The molecule has 0 radical (unpaired) electrons. The molecule has 0 fully saturated rings. The minimum absolute atomic E-state index is 0.139. The Morgan fingerprint density at radius 3 is 1.08 bits per heavy atom. The summed E-state index contributed by atoms with van der Waals surface area (Å²) in [5.74, 6) is 0. The second kappa shape index (κ2) is 22.1. The summed E-state index contributed by atoms with van der Waals surface area (Å²) in [6.45, 7) is 0. The van der Waals surface area contributed by atoms with E-state index in [9.17, 15) is 20.6 Å². The number of benzene rings is 16. The number of rotatable bonds is 8. The molecule has 0 saturated carbocycles. The van der Waals surface area contributed by atoms with Gasteiger partial charge >= 0.3 is 0 Å². The Hall–Kier alpha value is -11.8. The Morgan fingerprint density at radius 2 is 0.544 bits per heavy atom. The summed E-state index contributed by atoms with van der Waals surface area (Å²) in [7, 11) is 0. The molecular formula is C88H56O2. The van der Waals surface area contributed by atoms with Gasteiger partial charge in [0.2, 0.25) is 0 Å². The highest BCUT2D eigenvalue weighted by atomic mass is 16.3. The van der Waals surface area contributed by atoms with Crippen molar-refractivity contribution in [3.63, 3.8) is 0 Å². The maximum Gasteiger partial charge on any atom is 0.143 e. The van der Waals surface area contributed by atoms with E-state index in [-0.39, 0.29) is 21.9 Å². The first-order valence-corrected chi connectivity index (χ1v) is 26.5. The zero-order valence-electron chi connectivity index (χ0n) is 99.0. The highest BCUT2D eigenvalue weighted by molar-refractivity contribution is 6.28. The Bertz CT molecular complexity index is 8890. The number of fused-ring (bicyclic) bond motifs is 10. The quantitative estimate of drug-likeness (QED) is 0.142. The van der Waals surface area contributed by atoms with Crippen molar-refractivity contribution in [2.75, 3.05) is 0 Å². The molecule has 2 aromatic heterocycles. The van der Waals surface area contributed by atoms with Crippen molar-refractivity contribution in [1.82, 2.24) is 0 Å². The molecule has 0 unspecified atom stereocenters. The van der Waals surface area contributed by atoms with Crippen molar-refractivity contribution in [2.45, 2.75) is 0 Å². The molecule has 18 rings (SSSR count). The van der Waals surface area contributed by atoms with Gasteiger partial charge in [0, 0.05) is 27.1 Å². The summed E-state index contributed by atoms with van der Waals surface area (Å²) in [6.07, 6.45) is 0. The molecule has 0 amide bonds. The van der Waals surface area contributed by atoms with Crippen LogP contribution in [0.4, 0.5) is 0 Å². The molecule has 2 heterocycles. The van der Waals surface area contributed by atoms with Crippen molar-refractivity contribution in [3.05, 3.63) is 338 Å². The fraction of sp³-hybridized carbons (Fsp3) is 0. The number of hydrogen-bond donors (Lipinski definition) is 0. The van der Waals surface area contributed by atoms with Crippen molar-refractivity contribution >= 4 is 87.0 Å². The van der Waals surface area contributed by atoms with E-state index in [2.05, 4.69) is 0 Å². The van der Waals surface area contributed by atoms with E-state index in [1.54, 1.807) is 0 Å². The topological polar surface area (TPSA) is 26.3 Å². The number of para-hydroxylation sites is 1. The van der Waals surface area contributed by atoms with Crippen LogP contribution in [0.3, 0.4) is 0 Å². The van der Waals surface area contributed by atoms with Crippen LogP contribution in [0.5, 0.6) is 0 Å². The zero-order valence-corrected chi connectivity index (χ0v) is 45.0. The Kier molecular flexibility index (Phi) is 5.22. The fourth-order valence-electron chi connectivity index (χ4n) is 10.8. The molecule has 2 nitrogen and oxygen atoms in total. The van der Waals surface area contributed by atoms with Crippen molar-refractivity contribution in [2.24, 2.45) is 0 Å². The average molecular weight is 1200 g/mol. The van der Waals surface area contributed by atoms with E-state index in [0.29, 0.717) is 0 Å². The summed E-state index contributed by atoms with van der Waals surface area (Å²) in [6, 6.07) is -47.9. The van der Waals surface area contributed by atoms with Crippen molar-refractivity contribution in [1.29, 1.82) is 0 Å². The Morgan fingerprint density at radius 1 is 0.200 bits per heavy atom. The van der Waals surface area contributed by atoms with Crippen LogP contribution in [0.1, 0.15) is 74.0 Å². The van der Waals surface area contributed by atoms with Crippen LogP contribution in [-0.4, -0.2) is 0 Å². The van der Waals surface area contributed by atoms with E-state index in [4.69, 9.17) is 62.3 Å². The Balaban J connectivity index is 0.000000198. The highest BCUT2D eigenvalue weighted by Crippen LogP contribution is 2.51. The van der Waals surface area contributed by atoms with Crippen LogP contribution in [0, 0.1) is 0 Å². The third kappa shape index (κ3) is 8.88. The zero-order chi connectivity index (χ0) is 106. The van der Waals surface area contributed by atoms with E-state index in [1.165, 1.54) is 0 Å². The first-order chi connectivity index (χ1) is 67.1. The van der Waals surface area contributed by atoms with E-state index in [0.717, 1.165) is 12.1 Å². The molecule has 0 aliphatic carbocycles. The molecule has 90 heavy (non-hydrogen) atoms. The van der Waals surface area contributed by atoms with Crippen LogP contribution in [0.25, 0.3) is 176 Å². The van der Waals surface area contributed by atoms with Gasteiger partial charge in [-0.15, -0.1) is 0 Å². The third-order valence-corrected chi connectivity index (χ3v) is 14.4. The molecular weight excluding hydrogens is 1090 g/mol. The maximum atomic E-state index is 9.62. The standard InChI is InChI=1S/2C44H28O/c1-3-13-29(14-4-1)31-17-11-18-33(27-31)42-34-19-7-9-21-36(34)43(37-22-10-8-20-35(37)42)39-23-12-24-40-44(39)38-26-25-32(28-41(38)45-40)30-15-5-2-6-16-30;1-3-15-29(16-4-1)31-19-7-8-20-33(31)41-34-21-9-11-23-36(34)42(37-24-12-10-22-35(37)41)38-26-14-28-40-43(38)39-27-13-25-32(44(39)45-40)30-17-5-2-6-18-30/h2*1-28H/i1D,2D,3D,4D,5D,6D,7D,8D,9D,10D,11D,12D,13D,14D,15D,16D,17D,18D,19D,20D,21D,22D,23D,24D,25D,27D;1D,2D,3D,4D,5D,6D,7D,8D,9D,10D,11D,12D,13D,14D,15D,16D,17D,18D,19D,20D,21D,22D,23D,24D,25D,26D,27D,28D. The van der Waals surface area contributed by atoms with Crippen LogP contribution in [0.15, 0.2) is 347 Å². The molecule has 0 aliphatic heterocycles. The van der Waals surface area contributed by atoms with E-state index < -0.39 is 480 Å². The van der Waals surface area contributed by atoms with Gasteiger partial charge in [0.1, 0.15) is 22.3 Å². The monoisotopic (exact) mass is 1200 g/mol. The first kappa shape index (κ1) is 21.2. The summed E-state index contributed by atoms with van der Waals surface area (Å²) < 4.78 is 493. The van der Waals surface area contributed by atoms with Gasteiger partial charge in [0.25, 0.3) is 0 Å². The summed E-state index contributed by atoms with van der Waals surface area (Å²) >= 11 is 0. The molecule has 0 N–H and O–H groups in total. The van der Waals surface area contributed by atoms with Gasteiger partial charge in [0.05, 0.1) is 74.0 Å². The van der Waals surface area contributed by atoms with Gasteiger partial charge < -0.3 is 8.83 Å². The predicted molar refractivity (Wildman–Crippen MR) is 381 cm³/mol. The van der Waals surface area contributed by atoms with Crippen LogP contribution >= 0.6 is 0 Å². The molecule has 0 spiro atoms. The maximum absolute atomic E-state index is 9.62. The normalized spacial score (nSPS) is 20.0. The molecule has 0 bridgehead atoms. The Labute approximate surface area is 597 Å². The van der Waals surface area contributed by atoms with Crippen LogP contribution in [-0.2, 0) is 0 Å². The molecule has 0 saturated heterocycles. The molecule has 18 aromatic rings. The highest BCUT2D eigenvalue weighted by Gasteiger charge is 2.24. The van der Waals surface area contributed by atoms with Crippen molar-refractivity contribution < 1.29 is 82.9 Å². The molecule has 0 aliphatic rings. The SMILES string of the molecule is [2H]c1c([2H])c([2H])c(-c2c([2H])c([2H])c([2H])c([2H])c2-c2c3c([2H])c([2H])c([2H])c([2H])c3c(-c3c([2H])c([2H])c([2H])c4oc5c(-c6c([2H])c([2H])c([2H])c([2H])c6[2H])c([2H])c([2H])c([2H])c5c34)c3c([2H])c([2H])c([2H])c([2H])c23)c([2H])c1[2H].[2H]c1cc2c(cc1-c1c([2H])c([2H])c([2H])c([2H])c1[2H])oc1c([2H])c([2H])c([2H])c(-c3c4c([2H])c([2H])c([2H])c([2H])c4c(-c4c([2H])c([2H])c([2H])c(-c5c([2H])c([2H])c([2H])c([2H])c5[2H])c4[2H])c4c([2H])c([2H])c([2H])c([2H])c34)c12. The largest absolute Gasteiger partial charge is 0.456 e. The number of hydrogen-bond acceptors (Lipinski definition) is 2. The first-order valence-electron chi connectivity index (χ1n) is 53.5. The summed E-state index contributed by atoms with van der Waals surface area (Å²) in [4.78, 5) is 0. The van der Waals surface area contributed by atoms with E-state index >= 15 is 0 Å². The fourth-order valence-corrected chi connectivity index (χ4v) is 10.8. The lowest BCUT2D eigenvalue weighted by atomic mass is 9.83. The van der Waals surface area contributed by atoms with Crippen LogP contribution < -0.4 is 0 Å². The molecule has 0 atom stereocenters. The van der Waals surface area contributed by atoms with Gasteiger partial charge in [-0.2, -0.15) is 0 Å². The minimum atomic E-state index is -1.08. The molecule has 420 valence electrons. The third-order valence-electron chi connectivity index (χ3n) is 14.4. The van der Waals surface area contributed by atoms with Gasteiger partial charge in [-0.25, -0.2) is 0 Å². The average Bonchev–Trinajstić information content (AvgIpc) is 1.47. The summed E-state index contributed by atoms with van der Waals surface area (Å²) in [5, 5.41) is -7.58. The van der Waals surface area contributed by atoms with Gasteiger partial charge in [-0.3, -0.25) is 0 Å². The molecule has 16 aromatic carbocycles. The second-order valence-electron chi connectivity index (χ2n) is 19.2. The lowest BCUT2D eigenvalue weighted by Gasteiger charge is -2.20.